The zero-order valence-electron chi connectivity index (χ0n) is 8.63. The van der Waals surface area contributed by atoms with E-state index in [4.69, 9.17) is 0 Å². The minimum absolute atomic E-state index is 0.153. The SMILES string of the molecule is O=c1ncc([N+](=O)[O-])cn1CCCCCBr. The molecule has 0 saturated heterocycles. The molecule has 0 bridgehead atoms. The predicted octanol–water partition coefficient (Wildman–Crippen LogP) is 1.72. The largest absolute Gasteiger partial charge is 0.347 e. The van der Waals surface area contributed by atoms with Gasteiger partial charge in [-0.3, -0.25) is 14.7 Å². The second-order valence-corrected chi connectivity index (χ2v) is 4.09. The Morgan fingerprint density at radius 3 is 2.81 bits per heavy atom. The second-order valence-electron chi connectivity index (χ2n) is 3.29. The van der Waals surface area contributed by atoms with Crippen LogP contribution < -0.4 is 5.69 Å². The lowest BCUT2D eigenvalue weighted by atomic mass is 10.2. The first-order valence-corrected chi connectivity index (χ1v) is 6.04. The average Bonchev–Trinajstić information content (AvgIpc) is 2.26. The van der Waals surface area contributed by atoms with Gasteiger partial charge in [0.1, 0.15) is 6.20 Å². The van der Waals surface area contributed by atoms with Gasteiger partial charge in [0.2, 0.25) is 0 Å². The lowest BCUT2D eigenvalue weighted by molar-refractivity contribution is -0.385. The first kappa shape index (κ1) is 12.8. The number of hydrogen-bond donors (Lipinski definition) is 0. The van der Waals surface area contributed by atoms with Gasteiger partial charge in [-0.05, 0) is 12.8 Å². The maximum absolute atomic E-state index is 11.3. The van der Waals surface area contributed by atoms with E-state index in [1.54, 1.807) is 0 Å². The van der Waals surface area contributed by atoms with Crippen molar-refractivity contribution in [1.82, 2.24) is 9.55 Å². The molecule has 0 radical (unpaired) electrons. The van der Waals surface area contributed by atoms with Crippen molar-refractivity contribution in [1.29, 1.82) is 0 Å². The number of aryl methyl sites for hydroxylation is 1. The molecule has 0 aliphatic rings. The zero-order chi connectivity index (χ0) is 12.0. The minimum Gasteiger partial charge on any atom is -0.292 e. The van der Waals surface area contributed by atoms with Crippen LogP contribution >= 0.6 is 15.9 Å². The lowest BCUT2D eigenvalue weighted by Gasteiger charge is -2.03. The molecule has 0 spiro atoms. The molecule has 1 aromatic heterocycles. The third-order valence-electron chi connectivity index (χ3n) is 2.08. The number of nitro groups is 1. The van der Waals surface area contributed by atoms with Crippen LogP contribution in [0.5, 0.6) is 0 Å². The Balaban J connectivity index is 2.67. The van der Waals surface area contributed by atoms with Gasteiger partial charge in [0.25, 0.3) is 0 Å². The van der Waals surface area contributed by atoms with Crippen LogP contribution in [0.25, 0.3) is 0 Å². The summed E-state index contributed by atoms with van der Waals surface area (Å²) in [7, 11) is 0. The van der Waals surface area contributed by atoms with E-state index >= 15 is 0 Å². The number of rotatable bonds is 6. The van der Waals surface area contributed by atoms with E-state index in [0.717, 1.165) is 30.8 Å². The van der Waals surface area contributed by atoms with E-state index in [0.29, 0.717) is 6.54 Å². The molecule has 0 saturated carbocycles. The van der Waals surface area contributed by atoms with E-state index in [9.17, 15) is 14.9 Å². The van der Waals surface area contributed by atoms with Crippen LogP contribution in [0.2, 0.25) is 0 Å². The zero-order valence-corrected chi connectivity index (χ0v) is 10.2. The topological polar surface area (TPSA) is 78.0 Å². The van der Waals surface area contributed by atoms with Gasteiger partial charge in [0, 0.05) is 11.9 Å². The molecule has 0 unspecified atom stereocenters. The van der Waals surface area contributed by atoms with E-state index in [2.05, 4.69) is 20.9 Å². The van der Waals surface area contributed by atoms with Crippen molar-refractivity contribution in [2.24, 2.45) is 0 Å². The molecule has 16 heavy (non-hydrogen) atoms. The Morgan fingerprint density at radius 1 is 1.44 bits per heavy atom. The van der Waals surface area contributed by atoms with Crippen molar-refractivity contribution in [2.75, 3.05) is 5.33 Å². The molecule has 0 aliphatic carbocycles. The first-order valence-electron chi connectivity index (χ1n) is 4.92. The van der Waals surface area contributed by atoms with Crippen LogP contribution in [0.3, 0.4) is 0 Å². The molecule has 1 aromatic rings. The molecule has 0 aliphatic heterocycles. The van der Waals surface area contributed by atoms with Crippen molar-refractivity contribution in [3.05, 3.63) is 33.0 Å². The summed E-state index contributed by atoms with van der Waals surface area (Å²) >= 11 is 3.31. The van der Waals surface area contributed by atoms with Gasteiger partial charge in [0.05, 0.1) is 11.1 Å². The molecule has 0 fully saturated rings. The fourth-order valence-corrected chi connectivity index (χ4v) is 1.65. The standard InChI is InChI=1S/C9H12BrN3O3/c10-4-2-1-3-5-12-7-8(13(15)16)6-11-9(12)14/h6-7H,1-5H2. The molecule has 7 heteroatoms. The smallest absolute Gasteiger partial charge is 0.292 e. The quantitative estimate of drug-likeness (QED) is 0.346. The van der Waals surface area contributed by atoms with Crippen LogP contribution in [0, 0.1) is 10.1 Å². The summed E-state index contributed by atoms with van der Waals surface area (Å²) in [5.74, 6) is 0. The fraction of sp³-hybridized carbons (Fsp3) is 0.556. The van der Waals surface area contributed by atoms with Gasteiger partial charge < -0.3 is 0 Å². The normalized spacial score (nSPS) is 10.3. The maximum Gasteiger partial charge on any atom is 0.347 e. The summed E-state index contributed by atoms with van der Waals surface area (Å²) in [6, 6.07) is 0. The van der Waals surface area contributed by atoms with Gasteiger partial charge >= 0.3 is 11.4 Å². The Bertz CT molecular complexity index is 419. The van der Waals surface area contributed by atoms with E-state index in [-0.39, 0.29) is 5.69 Å². The van der Waals surface area contributed by atoms with Gasteiger partial charge in [-0.1, -0.05) is 22.4 Å². The Labute approximate surface area is 101 Å². The summed E-state index contributed by atoms with van der Waals surface area (Å²) in [6.07, 6.45) is 5.03. The lowest BCUT2D eigenvalue weighted by Crippen LogP contribution is -2.22. The molecular formula is C9H12BrN3O3. The second kappa shape index (κ2) is 6.37. The monoisotopic (exact) mass is 289 g/mol. The maximum atomic E-state index is 11.3. The summed E-state index contributed by atoms with van der Waals surface area (Å²) in [6.45, 7) is 0.473. The Kier molecular flexibility index (Phi) is 5.10. The van der Waals surface area contributed by atoms with Gasteiger partial charge in [-0.25, -0.2) is 4.79 Å². The molecule has 0 amide bonds. The highest BCUT2D eigenvalue weighted by Crippen LogP contribution is 2.06. The minimum atomic E-state index is -0.554. The number of unbranched alkanes of at least 4 members (excludes halogenated alkanes) is 2. The van der Waals surface area contributed by atoms with Crippen molar-refractivity contribution < 1.29 is 4.92 Å². The highest BCUT2D eigenvalue weighted by molar-refractivity contribution is 9.09. The van der Waals surface area contributed by atoms with Crippen molar-refractivity contribution in [2.45, 2.75) is 25.8 Å². The van der Waals surface area contributed by atoms with Gasteiger partial charge in [0.15, 0.2) is 0 Å². The Morgan fingerprint density at radius 2 is 2.19 bits per heavy atom. The van der Waals surface area contributed by atoms with Gasteiger partial charge in [-0.15, -0.1) is 0 Å². The van der Waals surface area contributed by atoms with Crippen LogP contribution in [-0.4, -0.2) is 19.8 Å². The summed E-state index contributed by atoms with van der Waals surface area (Å²) in [4.78, 5) is 24.7. The highest BCUT2D eigenvalue weighted by Gasteiger charge is 2.08. The number of aromatic nitrogens is 2. The molecule has 1 rings (SSSR count). The van der Waals surface area contributed by atoms with E-state index in [1.165, 1.54) is 10.8 Å². The van der Waals surface area contributed by atoms with Crippen molar-refractivity contribution >= 4 is 21.6 Å². The molecule has 1 heterocycles. The predicted molar refractivity (Wildman–Crippen MR) is 62.8 cm³/mol. The van der Waals surface area contributed by atoms with Crippen LogP contribution in [0.15, 0.2) is 17.2 Å². The third-order valence-corrected chi connectivity index (χ3v) is 2.65. The Hall–Kier alpha value is -1.24. The number of hydrogen-bond acceptors (Lipinski definition) is 4. The van der Waals surface area contributed by atoms with E-state index in [1.807, 2.05) is 0 Å². The third kappa shape index (κ3) is 3.73. The molecule has 0 aromatic carbocycles. The average molecular weight is 290 g/mol. The molecule has 88 valence electrons. The first-order chi connectivity index (χ1) is 7.65. The van der Waals surface area contributed by atoms with Crippen LogP contribution in [0.4, 0.5) is 5.69 Å². The summed E-state index contributed by atoms with van der Waals surface area (Å²) < 4.78 is 1.28. The molecule has 0 N–H and O–H groups in total. The van der Waals surface area contributed by atoms with Crippen molar-refractivity contribution in [3.63, 3.8) is 0 Å². The van der Waals surface area contributed by atoms with Crippen LogP contribution in [-0.2, 0) is 6.54 Å². The highest BCUT2D eigenvalue weighted by atomic mass is 79.9. The molecule has 6 nitrogen and oxygen atoms in total. The number of halogens is 1. The summed E-state index contributed by atoms with van der Waals surface area (Å²) in [5, 5.41) is 11.4. The number of alkyl halides is 1. The van der Waals surface area contributed by atoms with Crippen LogP contribution in [0.1, 0.15) is 19.3 Å². The number of nitrogens with zero attached hydrogens (tertiary/aromatic N) is 3. The summed E-state index contributed by atoms with van der Waals surface area (Å²) in [5.41, 5.74) is -0.593. The fourth-order valence-electron chi connectivity index (χ4n) is 1.25. The molecule has 0 atom stereocenters. The molecular weight excluding hydrogens is 278 g/mol. The van der Waals surface area contributed by atoms with Crippen molar-refractivity contribution in [3.8, 4) is 0 Å². The van der Waals surface area contributed by atoms with Gasteiger partial charge in [-0.2, -0.15) is 4.98 Å². The van der Waals surface area contributed by atoms with E-state index < -0.39 is 10.6 Å².